The summed E-state index contributed by atoms with van der Waals surface area (Å²) in [5, 5.41) is 0. The number of carbonyl (C=O) groups is 2. The first kappa shape index (κ1) is 26.2. The SMILES string of the molecule is CCCCOC(=O)C1=C(N)n2c(s/c(=C\c3ccc(C)cc3)c2=O)=C(C(=O)OC)[C@@H]1c1ccc(C)cc1. The Morgan fingerprint density at radius 3 is 2.22 bits per heavy atom. The Hall–Kier alpha value is -3.91. The molecule has 1 atom stereocenters. The van der Waals surface area contributed by atoms with Gasteiger partial charge in [-0.05, 0) is 37.5 Å². The number of benzene rings is 2. The molecule has 0 bridgehead atoms. The third kappa shape index (κ3) is 5.15. The lowest BCUT2D eigenvalue weighted by Gasteiger charge is -2.27. The van der Waals surface area contributed by atoms with Crippen molar-refractivity contribution in [1.82, 2.24) is 4.57 Å². The lowest BCUT2D eigenvalue weighted by molar-refractivity contribution is -0.139. The molecule has 4 rings (SSSR count). The minimum atomic E-state index is -0.854. The highest BCUT2D eigenvalue weighted by atomic mass is 32.1. The summed E-state index contributed by atoms with van der Waals surface area (Å²) in [6, 6.07) is 15.2. The summed E-state index contributed by atoms with van der Waals surface area (Å²) < 4.78 is 12.6. The number of unbranched alkanes of at least 4 members (excludes halogenated alkanes) is 1. The number of esters is 2. The molecule has 1 aliphatic heterocycles. The molecule has 2 heterocycles. The highest BCUT2D eigenvalue weighted by Gasteiger charge is 2.39. The van der Waals surface area contributed by atoms with Crippen molar-refractivity contribution in [3.63, 3.8) is 0 Å². The van der Waals surface area contributed by atoms with E-state index in [1.165, 1.54) is 11.7 Å². The van der Waals surface area contributed by atoms with Crippen LogP contribution >= 0.6 is 11.3 Å². The second kappa shape index (κ2) is 11.0. The molecule has 0 fully saturated rings. The van der Waals surface area contributed by atoms with Crippen LogP contribution in [0.1, 0.15) is 47.9 Å². The summed E-state index contributed by atoms with van der Waals surface area (Å²) in [5.74, 6) is -2.20. The summed E-state index contributed by atoms with van der Waals surface area (Å²) in [4.78, 5) is 40.2. The zero-order valence-electron chi connectivity index (χ0n) is 21.4. The first-order valence-electron chi connectivity index (χ1n) is 12.1. The maximum Gasteiger partial charge on any atom is 0.338 e. The molecule has 0 amide bonds. The fourth-order valence-electron chi connectivity index (χ4n) is 4.25. The fraction of sp³-hybridized carbons (Fsp3) is 0.276. The molecule has 0 radical (unpaired) electrons. The molecule has 1 aromatic heterocycles. The zero-order valence-corrected chi connectivity index (χ0v) is 22.2. The van der Waals surface area contributed by atoms with E-state index in [2.05, 4.69) is 0 Å². The van der Waals surface area contributed by atoms with Crippen LogP contribution in [0, 0.1) is 13.8 Å². The quantitative estimate of drug-likeness (QED) is 0.381. The predicted octanol–water partition coefficient (Wildman–Crippen LogP) is 2.95. The van der Waals surface area contributed by atoms with Crippen LogP contribution in [0.3, 0.4) is 0 Å². The Balaban J connectivity index is 2.04. The van der Waals surface area contributed by atoms with E-state index in [0.29, 0.717) is 21.2 Å². The minimum Gasteiger partial charge on any atom is -0.466 e. The predicted molar refractivity (Wildman–Crippen MR) is 145 cm³/mol. The molecule has 2 N–H and O–H groups in total. The van der Waals surface area contributed by atoms with Gasteiger partial charge in [0.15, 0.2) is 0 Å². The zero-order chi connectivity index (χ0) is 26.7. The van der Waals surface area contributed by atoms with E-state index in [0.717, 1.165) is 34.4 Å². The average Bonchev–Trinajstić information content (AvgIpc) is 3.21. The molecular formula is C29H30N2O5S. The number of thiazole rings is 1. The summed E-state index contributed by atoms with van der Waals surface area (Å²) >= 11 is 1.14. The van der Waals surface area contributed by atoms with Crippen LogP contribution in [0.25, 0.3) is 17.5 Å². The molecule has 7 nitrogen and oxygen atoms in total. The lowest BCUT2D eigenvalue weighted by atomic mass is 9.83. The first-order valence-corrected chi connectivity index (χ1v) is 12.9. The number of ether oxygens (including phenoxy) is 2. The Morgan fingerprint density at radius 2 is 1.62 bits per heavy atom. The van der Waals surface area contributed by atoms with E-state index in [1.807, 2.05) is 69.3 Å². The third-order valence-electron chi connectivity index (χ3n) is 6.29. The molecule has 192 valence electrons. The van der Waals surface area contributed by atoms with E-state index in [1.54, 1.807) is 6.08 Å². The molecule has 8 heteroatoms. The van der Waals surface area contributed by atoms with Crippen LogP contribution in [0.15, 0.2) is 58.9 Å². The van der Waals surface area contributed by atoms with Gasteiger partial charge >= 0.3 is 11.9 Å². The van der Waals surface area contributed by atoms with E-state index in [-0.39, 0.29) is 23.6 Å². The van der Waals surface area contributed by atoms with Gasteiger partial charge in [-0.2, -0.15) is 0 Å². The van der Waals surface area contributed by atoms with Gasteiger partial charge in [-0.15, -0.1) is 11.3 Å². The monoisotopic (exact) mass is 518 g/mol. The lowest BCUT2D eigenvalue weighted by Crippen LogP contribution is -2.41. The summed E-state index contributed by atoms with van der Waals surface area (Å²) in [5.41, 5.74) is 9.99. The van der Waals surface area contributed by atoms with Gasteiger partial charge in [0.2, 0.25) is 0 Å². The largest absolute Gasteiger partial charge is 0.466 e. The molecule has 0 saturated carbocycles. The molecule has 0 spiro atoms. The normalized spacial score (nSPS) is 15.5. The molecule has 3 aromatic rings. The average molecular weight is 519 g/mol. The summed E-state index contributed by atoms with van der Waals surface area (Å²) in [6.45, 7) is 6.13. The van der Waals surface area contributed by atoms with E-state index in [4.69, 9.17) is 15.2 Å². The number of nitrogens with zero attached hydrogens (tertiary/aromatic N) is 1. The van der Waals surface area contributed by atoms with Crippen molar-refractivity contribution < 1.29 is 19.1 Å². The summed E-state index contributed by atoms with van der Waals surface area (Å²) in [7, 11) is 1.28. The highest BCUT2D eigenvalue weighted by Crippen LogP contribution is 2.37. The number of carbonyl (C=O) groups excluding carboxylic acids is 2. The van der Waals surface area contributed by atoms with Gasteiger partial charge in [0, 0.05) is 0 Å². The van der Waals surface area contributed by atoms with Crippen molar-refractivity contribution >= 4 is 40.7 Å². The van der Waals surface area contributed by atoms with Gasteiger partial charge in [0.25, 0.3) is 5.56 Å². The van der Waals surface area contributed by atoms with Crippen LogP contribution in [0.5, 0.6) is 0 Å². The van der Waals surface area contributed by atoms with Gasteiger partial charge in [-0.25, -0.2) is 9.59 Å². The number of nitrogens with two attached hydrogens (primary N) is 1. The maximum absolute atomic E-state index is 13.6. The molecular weight excluding hydrogens is 488 g/mol. The molecule has 2 aromatic carbocycles. The van der Waals surface area contributed by atoms with E-state index < -0.39 is 23.4 Å². The van der Waals surface area contributed by atoms with Crippen LogP contribution in [0.2, 0.25) is 0 Å². The topological polar surface area (TPSA) is 101 Å². The fourth-order valence-corrected chi connectivity index (χ4v) is 5.41. The highest BCUT2D eigenvalue weighted by molar-refractivity contribution is 7.07. The van der Waals surface area contributed by atoms with Crippen LogP contribution < -0.4 is 20.5 Å². The van der Waals surface area contributed by atoms with E-state index in [9.17, 15) is 14.4 Å². The number of hydrogen-bond acceptors (Lipinski definition) is 7. The second-order valence-corrected chi connectivity index (χ2v) is 10.0. The molecule has 37 heavy (non-hydrogen) atoms. The Bertz CT molecular complexity index is 1540. The van der Waals surface area contributed by atoms with Crippen molar-refractivity contribution in [3.05, 3.63) is 95.9 Å². The Labute approximate surface area is 219 Å². The van der Waals surface area contributed by atoms with Crippen molar-refractivity contribution in [2.45, 2.75) is 39.5 Å². The van der Waals surface area contributed by atoms with Gasteiger partial charge < -0.3 is 15.2 Å². The number of fused-ring (bicyclic) bond motifs is 1. The molecule has 1 aliphatic rings. The smallest absolute Gasteiger partial charge is 0.338 e. The van der Waals surface area contributed by atoms with Crippen molar-refractivity contribution in [2.75, 3.05) is 13.7 Å². The van der Waals surface area contributed by atoms with E-state index >= 15 is 0 Å². The summed E-state index contributed by atoms with van der Waals surface area (Å²) in [6.07, 6.45) is 3.27. The van der Waals surface area contributed by atoms with Crippen molar-refractivity contribution in [1.29, 1.82) is 0 Å². The van der Waals surface area contributed by atoms with Gasteiger partial charge in [0.05, 0.1) is 35.3 Å². The number of methoxy groups -OCH3 is 1. The molecule has 0 aliphatic carbocycles. The Morgan fingerprint density at radius 1 is 1.00 bits per heavy atom. The molecule has 0 saturated heterocycles. The first-order chi connectivity index (χ1) is 17.8. The van der Waals surface area contributed by atoms with Gasteiger partial charge in [-0.1, -0.05) is 73.0 Å². The van der Waals surface area contributed by atoms with Gasteiger partial charge in [0.1, 0.15) is 10.5 Å². The van der Waals surface area contributed by atoms with Crippen LogP contribution in [0.4, 0.5) is 0 Å². The number of aromatic nitrogens is 1. The Kier molecular flexibility index (Phi) is 7.78. The second-order valence-electron chi connectivity index (χ2n) is 9.00. The third-order valence-corrected chi connectivity index (χ3v) is 7.40. The van der Waals surface area contributed by atoms with Crippen molar-refractivity contribution in [2.24, 2.45) is 5.73 Å². The maximum atomic E-state index is 13.6. The minimum absolute atomic E-state index is 0.0421. The van der Waals surface area contributed by atoms with Gasteiger partial charge in [-0.3, -0.25) is 9.36 Å². The number of hydrogen-bond donors (Lipinski definition) is 1. The molecule has 0 unspecified atom stereocenters. The number of rotatable bonds is 7. The van der Waals surface area contributed by atoms with Crippen LogP contribution in [-0.2, 0) is 19.1 Å². The standard InChI is InChI=1S/C29H30N2O5S/c1-5-6-15-36-29(34)23-22(20-13-9-18(3)10-14-20)24(28(33)35-4)27-31(25(23)30)26(32)21(37-27)16-19-11-7-17(2)8-12-19/h7-14,16,22H,5-6,15,30H2,1-4H3/b21-16-/t22-/m1/s1. The number of aryl methyl sites for hydroxylation is 2. The van der Waals surface area contributed by atoms with Crippen molar-refractivity contribution in [3.8, 4) is 0 Å². The van der Waals surface area contributed by atoms with Crippen LogP contribution in [-0.4, -0.2) is 30.2 Å².